The van der Waals surface area contributed by atoms with Gasteiger partial charge < -0.3 is 5.11 Å². The van der Waals surface area contributed by atoms with Crippen LogP contribution in [0.5, 0.6) is 0 Å². The van der Waals surface area contributed by atoms with Crippen LogP contribution in [0, 0.1) is 21.8 Å². The van der Waals surface area contributed by atoms with Crippen molar-refractivity contribution in [2.24, 2.45) is 5.92 Å². The first-order chi connectivity index (χ1) is 8.59. The van der Waals surface area contributed by atoms with Crippen molar-refractivity contribution in [3.05, 3.63) is 39.7 Å². The van der Waals surface area contributed by atoms with E-state index in [0.29, 0.717) is 12.0 Å². The number of nitro benzene ring substituents is 1. The van der Waals surface area contributed by atoms with Crippen LogP contribution in [-0.2, 0) is 6.42 Å². The average Bonchev–Trinajstić information content (AvgIpc) is 2.34. The molecule has 1 aliphatic carbocycles. The van der Waals surface area contributed by atoms with E-state index in [9.17, 15) is 19.6 Å². The molecule has 1 saturated carbocycles. The van der Waals surface area contributed by atoms with Crippen molar-refractivity contribution >= 4 is 5.69 Å². The lowest BCUT2D eigenvalue weighted by atomic mass is 9.82. The summed E-state index contributed by atoms with van der Waals surface area (Å²) >= 11 is 0. The molecule has 0 bridgehead atoms. The van der Waals surface area contributed by atoms with E-state index in [-0.39, 0.29) is 5.92 Å². The van der Waals surface area contributed by atoms with Gasteiger partial charge in [-0.1, -0.05) is 25.0 Å². The number of nitro groups is 1. The lowest BCUT2D eigenvalue weighted by Gasteiger charge is -2.27. The molecule has 98 valence electrons. The van der Waals surface area contributed by atoms with Crippen LogP contribution < -0.4 is 0 Å². The van der Waals surface area contributed by atoms with Gasteiger partial charge in [-0.3, -0.25) is 10.1 Å². The van der Waals surface area contributed by atoms with Gasteiger partial charge in [-0.2, -0.15) is 4.39 Å². The van der Waals surface area contributed by atoms with Crippen molar-refractivity contribution in [3.63, 3.8) is 0 Å². The monoisotopic (exact) mass is 253 g/mol. The first-order valence-electron chi connectivity index (χ1n) is 6.19. The van der Waals surface area contributed by atoms with Crippen LogP contribution in [0.4, 0.5) is 10.1 Å². The predicted octanol–water partition coefficient (Wildman–Crippen LogP) is 2.83. The van der Waals surface area contributed by atoms with Gasteiger partial charge in [0, 0.05) is 6.07 Å². The third-order valence-corrected chi connectivity index (χ3v) is 3.61. The number of aliphatic hydroxyl groups excluding tert-OH is 1. The van der Waals surface area contributed by atoms with Crippen LogP contribution >= 0.6 is 0 Å². The molecule has 0 aliphatic heterocycles. The number of nitrogens with zero attached hydrogens (tertiary/aromatic N) is 1. The second kappa shape index (κ2) is 5.44. The Kier molecular flexibility index (Phi) is 3.91. The number of halogens is 1. The highest BCUT2D eigenvalue weighted by molar-refractivity contribution is 5.37. The van der Waals surface area contributed by atoms with Crippen molar-refractivity contribution in [2.45, 2.75) is 38.2 Å². The van der Waals surface area contributed by atoms with Gasteiger partial charge in [0.2, 0.25) is 5.82 Å². The fraction of sp³-hybridized carbons (Fsp3) is 0.538. The Hall–Kier alpha value is -1.49. The van der Waals surface area contributed by atoms with Crippen molar-refractivity contribution in [2.75, 3.05) is 0 Å². The maximum absolute atomic E-state index is 13.9. The van der Waals surface area contributed by atoms with Crippen LogP contribution in [0.2, 0.25) is 0 Å². The van der Waals surface area contributed by atoms with Gasteiger partial charge >= 0.3 is 5.69 Å². The maximum atomic E-state index is 13.9. The molecule has 0 spiro atoms. The number of benzene rings is 1. The molecule has 0 radical (unpaired) electrons. The van der Waals surface area contributed by atoms with E-state index in [0.717, 1.165) is 31.7 Å². The Morgan fingerprint density at radius 3 is 2.78 bits per heavy atom. The molecule has 2 unspecified atom stereocenters. The lowest BCUT2D eigenvalue weighted by molar-refractivity contribution is -0.387. The molecule has 1 aromatic carbocycles. The second-order valence-electron chi connectivity index (χ2n) is 4.82. The molecule has 0 amide bonds. The van der Waals surface area contributed by atoms with Crippen LogP contribution in [0.1, 0.15) is 31.2 Å². The summed E-state index contributed by atoms with van der Waals surface area (Å²) in [6.07, 6.45) is 3.56. The van der Waals surface area contributed by atoms with Gasteiger partial charge in [0.25, 0.3) is 0 Å². The quantitative estimate of drug-likeness (QED) is 0.665. The summed E-state index contributed by atoms with van der Waals surface area (Å²) in [5.41, 5.74) is -0.159. The minimum Gasteiger partial charge on any atom is -0.393 e. The topological polar surface area (TPSA) is 63.4 Å². The molecule has 5 heteroatoms. The molecule has 2 rings (SSSR count). The van der Waals surface area contributed by atoms with E-state index in [2.05, 4.69) is 0 Å². The summed E-state index contributed by atoms with van der Waals surface area (Å²) in [4.78, 5) is 9.93. The molecule has 0 aromatic heterocycles. The highest BCUT2D eigenvalue weighted by atomic mass is 19.1. The molecule has 1 aliphatic rings. The zero-order valence-electron chi connectivity index (χ0n) is 10.0. The number of hydrogen-bond donors (Lipinski definition) is 1. The van der Waals surface area contributed by atoms with Gasteiger partial charge in [-0.25, -0.2) is 0 Å². The van der Waals surface area contributed by atoms with E-state index in [1.807, 2.05) is 0 Å². The van der Waals surface area contributed by atoms with Crippen LogP contribution in [0.3, 0.4) is 0 Å². The standard InChI is InChI=1S/C13H16FNO3/c14-13-10(5-3-6-11(13)15(17)18)8-9-4-1-2-7-12(9)16/h3,5-6,9,12,16H,1-2,4,7-8H2. The Bertz CT molecular complexity index is 450. The van der Waals surface area contributed by atoms with Crippen molar-refractivity contribution in [1.29, 1.82) is 0 Å². The number of hydrogen-bond acceptors (Lipinski definition) is 3. The van der Waals surface area contributed by atoms with Gasteiger partial charge in [-0.05, 0) is 30.7 Å². The summed E-state index contributed by atoms with van der Waals surface area (Å²) in [5.74, 6) is -0.754. The fourth-order valence-corrected chi connectivity index (χ4v) is 2.57. The fourth-order valence-electron chi connectivity index (χ4n) is 2.57. The Balaban J connectivity index is 2.18. The first-order valence-corrected chi connectivity index (χ1v) is 6.19. The van der Waals surface area contributed by atoms with E-state index < -0.39 is 22.5 Å². The molecule has 0 heterocycles. The van der Waals surface area contributed by atoms with Gasteiger partial charge in [0.1, 0.15) is 0 Å². The average molecular weight is 253 g/mol. The Labute approximate surface area is 105 Å². The second-order valence-corrected chi connectivity index (χ2v) is 4.82. The van der Waals surface area contributed by atoms with E-state index in [4.69, 9.17) is 0 Å². The summed E-state index contributed by atoms with van der Waals surface area (Å²) < 4.78 is 13.9. The van der Waals surface area contributed by atoms with Crippen LogP contribution in [-0.4, -0.2) is 16.1 Å². The molecule has 4 nitrogen and oxygen atoms in total. The van der Waals surface area contributed by atoms with Gasteiger partial charge in [-0.15, -0.1) is 0 Å². The number of aliphatic hydroxyl groups is 1. The largest absolute Gasteiger partial charge is 0.393 e. The predicted molar refractivity (Wildman–Crippen MR) is 64.7 cm³/mol. The third-order valence-electron chi connectivity index (χ3n) is 3.61. The zero-order valence-corrected chi connectivity index (χ0v) is 10.0. The molecule has 1 N–H and O–H groups in total. The molecule has 2 atom stereocenters. The van der Waals surface area contributed by atoms with E-state index in [1.54, 1.807) is 6.07 Å². The van der Waals surface area contributed by atoms with Crippen LogP contribution in [0.15, 0.2) is 18.2 Å². The summed E-state index contributed by atoms with van der Waals surface area (Å²) in [6, 6.07) is 4.21. The highest BCUT2D eigenvalue weighted by Crippen LogP contribution is 2.30. The maximum Gasteiger partial charge on any atom is 0.305 e. The number of rotatable bonds is 3. The molecular formula is C13H16FNO3. The van der Waals surface area contributed by atoms with E-state index in [1.165, 1.54) is 6.07 Å². The minimum atomic E-state index is -0.764. The molecule has 1 aromatic rings. The van der Waals surface area contributed by atoms with Crippen molar-refractivity contribution < 1.29 is 14.4 Å². The first kappa shape index (κ1) is 13.0. The summed E-state index contributed by atoms with van der Waals surface area (Å²) in [6.45, 7) is 0. The molecule has 18 heavy (non-hydrogen) atoms. The molecule has 1 fully saturated rings. The van der Waals surface area contributed by atoms with Crippen molar-refractivity contribution in [3.8, 4) is 0 Å². The molecule has 0 saturated heterocycles. The Morgan fingerprint density at radius 1 is 1.39 bits per heavy atom. The van der Waals surface area contributed by atoms with Crippen molar-refractivity contribution in [1.82, 2.24) is 0 Å². The summed E-state index contributed by atoms with van der Waals surface area (Å²) in [7, 11) is 0. The highest BCUT2D eigenvalue weighted by Gasteiger charge is 2.26. The van der Waals surface area contributed by atoms with Gasteiger partial charge in [0.05, 0.1) is 11.0 Å². The molecular weight excluding hydrogens is 237 g/mol. The summed E-state index contributed by atoms with van der Waals surface area (Å²) in [5, 5.41) is 20.5. The minimum absolute atomic E-state index is 0.00949. The SMILES string of the molecule is O=[N+]([O-])c1cccc(CC2CCCCC2O)c1F. The smallest absolute Gasteiger partial charge is 0.305 e. The normalized spacial score (nSPS) is 23.9. The third kappa shape index (κ3) is 2.67. The Morgan fingerprint density at radius 2 is 2.11 bits per heavy atom. The lowest BCUT2D eigenvalue weighted by Crippen LogP contribution is -2.26. The van der Waals surface area contributed by atoms with Crippen LogP contribution in [0.25, 0.3) is 0 Å². The zero-order chi connectivity index (χ0) is 13.1. The van der Waals surface area contributed by atoms with Gasteiger partial charge in [0.15, 0.2) is 0 Å². The van der Waals surface area contributed by atoms with E-state index >= 15 is 0 Å².